The van der Waals surface area contributed by atoms with Gasteiger partial charge in [-0.15, -0.1) is 0 Å². The number of rotatable bonds is 5. The number of halogens is 3. The second-order valence-corrected chi connectivity index (χ2v) is 6.97. The summed E-state index contributed by atoms with van der Waals surface area (Å²) in [5.74, 6) is -0.0827. The van der Waals surface area contributed by atoms with E-state index in [1.807, 2.05) is 6.92 Å². The van der Waals surface area contributed by atoms with E-state index in [0.29, 0.717) is 36.9 Å². The van der Waals surface area contributed by atoms with Crippen LogP contribution in [0.4, 0.5) is 0 Å². The summed E-state index contributed by atoms with van der Waals surface area (Å²) in [6.45, 7) is 2.22. The first-order valence-electron chi connectivity index (χ1n) is 6.71. The highest BCUT2D eigenvalue weighted by molar-refractivity contribution is 9.13. The smallest absolute Gasteiger partial charge is 0.272 e. The van der Waals surface area contributed by atoms with Gasteiger partial charge >= 0.3 is 0 Å². The van der Waals surface area contributed by atoms with Gasteiger partial charge in [-0.05, 0) is 66.8 Å². The maximum Gasteiger partial charge on any atom is 0.272 e. The fourth-order valence-corrected chi connectivity index (χ4v) is 2.93. The van der Waals surface area contributed by atoms with Crippen molar-refractivity contribution < 1.29 is 14.6 Å². The Morgan fingerprint density at radius 1 is 1.33 bits per heavy atom. The number of nitrogens with one attached hydrogen (secondary N) is 1. The molecule has 126 valence electrons. The third-order valence-electron chi connectivity index (χ3n) is 2.81. The molecule has 1 aromatic carbocycles. The number of amides is 1. The van der Waals surface area contributed by atoms with E-state index >= 15 is 0 Å². The van der Waals surface area contributed by atoms with Gasteiger partial charge in [0.25, 0.3) is 5.91 Å². The van der Waals surface area contributed by atoms with E-state index in [1.54, 1.807) is 18.3 Å². The monoisotopic (exact) mass is 519 g/mol. The summed E-state index contributed by atoms with van der Waals surface area (Å²) >= 11 is 9.88. The normalized spacial score (nSPS) is 10.8. The molecule has 1 aromatic heterocycles. The molecule has 0 atom stereocenters. The van der Waals surface area contributed by atoms with E-state index < -0.39 is 0 Å². The summed E-state index contributed by atoms with van der Waals surface area (Å²) in [6, 6.07) is 3.25. The summed E-state index contributed by atoms with van der Waals surface area (Å²) < 4.78 is 7.09. The third-order valence-corrected chi connectivity index (χ3v) is 5.40. The van der Waals surface area contributed by atoms with E-state index in [2.05, 4.69) is 63.3 Å². The predicted molar refractivity (Wildman–Crippen MR) is 102 cm³/mol. The molecule has 1 heterocycles. The number of hydrogen-bond acceptors (Lipinski definition) is 5. The summed E-state index contributed by atoms with van der Waals surface area (Å²) in [4.78, 5) is 15.9. The van der Waals surface area contributed by atoms with Gasteiger partial charge in [-0.1, -0.05) is 0 Å². The van der Waals surface area contributed by atoms with Gasteiger partial charge in [0, 0.05) is 26.9 Å². The molecule has 1 amide bonds. The number of carbonyl (C=O) groups excluding carboxylic acids is 1. The van der Waals surface area contributed by atoms with Crippen LogP contribution in [0.1, 0.15) is 22.8 Å². The topological polar surface area (TPSA) is 83.8 Å². The molecule has 0 aliphatic rings. The Morgan fingerprint density at radius 3 is 2.75 bits per heavy atom. The lowest BCUT2D eigenvalue weighted by Gasteiger charge is -2.10. The van der Waals surface area contributed by atoms with E-state index in [0.717, 1.165) is 0 Å². The first-order valence-corrected chi connectivity index (χ1v) is 9.09. The minimum atomic E-state index is -0.390. The molecule has 0 bridgehead atoms. The molecule has 2 N–H and O–H groups in total. The van der Waals surface area contributed by atoms with Crippen LogP contribution in [0.15, 0.2) is 43.0 Å². The largest absolute Gasteiger partial charge is 0.503 e. The third kappa shape index (κ3) is 4.55. The fraction of sp³-hybridized carbons (Fsp3) is 0.133. The van der Waals surface area contributed by atoms with Crippen LogP contribution >= 0.6 is 47.8 Å². The SMILES string of the molecule is CCOc1cc(/C=N/NC(=O)c2cncc(Br)c2)c(Br)c(Br)c1O. The Bertz CT molecular complexity index is 797. The summed E-state index contributed by atoms with van der Waals surface area (Å²) in [5, 5.41) is 13.9. The number of aromatic nitrogens is 1. The molecule has 0 saturated heterocycles. The maximum atomic E-state index is 12.0. The van der Waals surface area contributed by atoms with Crippen molar-refractivity contribution in [3.63, 3.8) is 0 Å². The van der Waals surface area contributed by atoms with Gasteiger partial charge in [0.2, 0.25) is 0 Å². The maximum absolute atomic E-state index is 12.0. The molecule has 2 aromatic rings. The average molecular weight is 522 g/mol. The van der Waals surface area contributed by atoms with Crippen molar-refractivity contribution in [2.24, 2.45) is 5.10 Å². The van der Waals surface area contributed by atoms with Gasteiger partial charge in [0.1, 0.15) is 0 Å². The standard InChI is InChI=1S/C15H12Br3N3O3/c1-2-24-11-4-8(12(17)13(18)14(11)22)6-20-21-15(23)9-3-10(16)7-19-5-9/h3-7,22H,2H2,1H3,(H,21,23)/b20-6+. The molecule has 9 heteroatoms. The van der Waals surface area contributed by atoms with Gasteiger partial charge in [-0.2, -0.15) is 5.10 Å². The van der Waals surface area contributed by atoms with Crippen LogP contribution in [-0.2, 0) is 0 Å². The molecular weight excluding hydrogens is 510 g/mol. The zero-order chi connectivity index (χ0) is 17.7. The molecular formula is C15H12Br3N3O3. The number of aromatic hydroxyl groups is 1. The van der Waals surface area contributed by atoms with Crippen LogP contribution < -0.4 is 10.2 Å². The van der Waals surface area contributed by atoms with E-state index in [9.17, 15) is 9.90 Å². The molecule has 0 unspecified atom stereocenters. The second kappa shape index (κ2) is 8.59. The zero-order valence-electron chi connectivity index (χ0n) is 12.4. The number of pyridine rings is 1. The molecule has 0 aliphatic heterocycles. The zero-order valence-corrected chi connectivity index (χ0v) is 17.1. The summed E-state index contributed by atoms with van der Waals surface area (Å²) in [5.41, 5.74) is 3.42. The van der Waals surface area contributed by atoms with Crippen molar-refractivity contribution in [1.82, 2.24) is 10.4 Å². The van der Waals surface area contributed by atoms with Crippen LogP contribution in [0.5, 0.6) is 11.5 Å². The summed E-state index contributed by atoms with van der Waals surface area (Å²) in [6.07, 6.45) is 4.47. The molecule has 2 rings (SSSR count). The number of ether oxygens (including phenoxy) is 1. The lowest BCUT2D eigenvalue weighted by Crippen LogP contribution is -2.17. The van der Waals surface area contributed by atoms with Crippen molar-refractivity contribution in [2.75, 3.05) is 6.61 Å². The Morgan fingerprint density at radius 2 is 2.08 bits per heavy atom. The Labute approximate surface area is 163 Å². The second-order valence-electron chi connectivity index (χ2n) is 4.46. The van der Waals surface area contributed by atoms with Crippen molar-refractivity contribution in [2.45, 2.75) is 6.92 Å². The molecule has 0 fully saturated rings. The lowest BCUT2D eigenvalue weighted by molar-refractivity contribution is 0.0954. The number of carbonyl (C=O) groups is 1. The molecule has 0 spiro atoms. The fourth-order valence-electron chi connectivity index (χ4n) is 1.73. The predicted octanol–water partition coefficient (Wildman–Crippen LogP) is 4.24. The molecule has 0 saturated carbocycles. The Hall–Kier alpha value is -1.45. The molecule has 0 aliphatic carbocycles. The van der Waals surface area contributed by atoms with Gasteiger partial charge in [-0.3, -0.25) is 9.78 Å². The molecule has 24 heavy (non-hydrogen) atoms. The number of phenolic OH excluding ortho intramolecular Hbond substituents is 1. The van der Waals surface area contributed by atoms with Gasteiger partial charge in [-0.25, -0.2) is 5.43 Å². The highest BCUT2D eigenvalue weighted by Crippen LogP contribution is 2.41. The van der Waals surface area contributed by atoms with Crippen LogP contribution in [-0.4, -0.2) is 28.8 Å². The quantitative estimate of drug-likeness (QED) is 0.455. The van der Waals surface area contributed by atoms with Crippen molar-refractivity contribution in [3.05, 3.63) is 49.1 Å². The number of hydrazone groups is 1. The number of hydrogen-bond donors (Lipinski definition) is 2. The van der Waals surface area contributed by atoms with Crippen molar-refractivity contribution in [1.29, 1.82) is 0 Å². The number of phenols is 1. The van der Waals surface area contributed by atoms with Crippen LogP contribution in [0.2, 0.25) is 0 Å². The van der Waals surface area contributed by atoms with Gasteiger partial charge in [0.05, 0.1) is 22.9 Å². The number of nitrogens with zero attached hydrogens (tertiary/aromatic N) is 2. The number of benzene rings is 1. The van der Waals surface area contributed by atoms with Crippen LogP contribution in [0.25, 0.3) is 0 Å². The first kappa shape index (κ1) is 18.9. The van der Waals surface area contributed by atoms with Gasteiger partial charge < -0.3 is 9.84 Å². The van der Waals surface area contributed by atoms with E-state index in [1.165, 1.54) is 12.4 Å². The average Bonchev–Trinajstić information content (AvgIpc) is 2.56. The van der Waals surface area contributed by atoms with Crippen molar-refractivity contribution in [3.8, 4) is 11.5 Å². The first-order chi connectivity index (χ1) is 11.4. The molecule has 0 radical (unpaired) electrons. The van der Waals surface area contributed by atoms with Gasteiger partial charge in [0.15, 0.2) is 11.5 Å². The Balaban J connectivity index is 2.18. The minimum absolute atomic E-state index is 0.00915. The summed E-state index contributed by atoms with van der Waals surface area (Å²) in [7, 11) is 0. The van der Waals surface area contributed by atoms with E-state index in [-0.39, 0.29) is 11.7 Å². The van der Waals surface area contributed by atoms with E-state index in [4.69, 9.17) is 4.74 Å². The van der Waals surface area contributed by atoms with Crippen LogP contribution in [0, 0.1) is 0 Å². The highest BCUT2D eigenvalue weighted by atomic mass is 79.9. The Kier molecular flexibility index (Phi) is 6.76. The lowest BCUT2D eigenvalue weighted by atomic mass is 10.2. The highest BCUT2D eigenvalue weighted by Gasteiger charge is 2.14. The minimum Gasteiger partial charge on any atom is -0.503 e. The van der Waals surface area contributed by atoms with Crippen LogP contribution in [0.3, 0.4) is 0 Å². The molecule has 6 nitrogen and oxygen atoms in total. The van der Waals surface area contributed by atoms with Crippen molar-refractivity contribution >= 4 is 59.9 Å².